The summed E-state index contributed by atoms with van der Waals surface area (Å²) in [5, 5.41) is 10.7. The normalized spacial score (nSPS) is 14.5. The van der Waals surface area contributed by atoms with E-state index in [-0.39, 0.29) is 25.7 Å². The first-order valence-corrected chi connectivity index (χ1v) is 45.4. The SMILES string of the molecule is CC/C=C\C/C=C\C/C=C\C/C=C\C/C=C\CCCCCC(=O)OC[C@H](COP(=O)(O)OC[C@@H](O)COP(=O)(O)OC[C@@H](COC(=O)CCCCCCCCCCCCCCCCC)OC(=O)CCCCCCCCC/C=C\CCCCCC)OC(=O)CCCCC/C=C\C/C=C\C/C=C\C/C=C\C/C=C\CC. The lowest BCUT2D eigenvalue weighted by Gasteiger charge is -2.21. The molecule has 5 atom stereocenters. The summed E-state index contributed by atoms with van der Waals surface area (Å²) in [6, 6.07) is 0. The van der Waals surface area contributed by atoms with E-state index in [1.807, 2.05) is 0 Å². The van der Waals surface area contributed by atoms with E-state index < -0.39 is 97.5 Å². The van der Waals surface area contributed by atoms with Crippen LogP contribution >= 0.6 is 15.6 Å². The van der Waals surface area contributed by atoms with Gasteiger partial charge in [-0.25, -0.2) is 9.13 Å². The highest BCUT2D eigenvalue weighted by Crippen LogP contribution is 2.45. The molecule has 0 saturated carbocycles. The predicted molar refractivity (Wildman–Crippen MR) is 445 cm³/mol. The van der Waals surface area contributed by atoms with E-state index >= 15 is 0 Å². The van der Waals surface area contributed by atoms with Gasteiger partial charge in [-0.3, -0.25) is 37.3 Å². The number of esters is 4. The number of hydrogen-bond donors (Lipinski definition) is 3. The van der Waals surface area contributed by atoms with Crippen LogP contribution in [0.25, 0.3) is 0 Å². The Balaban J connectivity index is 5.44. The molecule has 0 radical (unpaired) electrons. The average Bonchev–Trinajstić information content (AvgIpc) is 0.896. The summed E-state index contributed by atoms with van der Waals surface area (Å²) >= 11 is 0. The number of hydrogen-bond acceptors (Lipinski definition) is 15. The first-order chi connectivity index (χ1) is 52.7. The summed E-state index contributed by atoms with van der Waals surface area (Å²) in [5.41, 5.74) is 0. The van der Waals surface area contributed by atoms with Crippen LogP contribution in [0.3, 0.4) is 0 Å². The Morgan fingerprint density at radius 1 is 0.269 bits per heavy atom. The van der Waals surface area contributed by atoms with Gasteiger partial charge in [0.1, 0.15) is 19.3 Å². The van der Waals surface area contributed by atoms with Crippen molar-refractivity contribution in [1.29, 1.82) is 0 Å². The number of rotatable bonds is 79. The van der Waals surface area contributed by atoms with Crippen molar-refractivity contribution in [1.82, 2.24) is 0 Å². The molecule has 0 rings (SSSR count). The molecule has 2 unspecified atom stereocenters. The van der Waals surface area contributed by atoms with Crippen molar-refractivity contribution < 1.29 is 80.2 Å². The van der Waals surface area contributed by atoms with Crippen LogP contribution in [-0.2, 0) is 65.4 Å². The number of aliphatic hydroxyl groups excluding tert-OH is 1. The van der Waals surface area contributed by atoms with Crippen LogP contribution in [0, 0.1) is 0 Å². The lowest BCUT2D eigenvalue weighted by molar-refractivity contribution is -0.161. The van der Waals surface area contributed by atoms with Crippen molar-refractivity contribution in [2.45, 2.75) is 367 Å². The summed E-state index contributed by atoms with van der Waals surface area (Å²) in [6.45, 7) is 4.60. The van der Waals surface area contributed by atoms with Gasteiger partial charge in [0.05, 0.1) is 26.4 Å². The van der Waals surface area contributed by atoms with Crippen molar-refractivity contribution in [2.75, 3.05) is 39.6 Å². The molecule has 19 heteroatoms. The van der Waals surface area contributed by atoms with Gasteiger partial charge in [-0.15, -0.1) is 0 Å². The Morgan fingerprint density at radius 3 is 0.769 bits per heavy atom. The molecule has 3 N–H and O–H groups in total. The van der Waals surface area contributed by atoms with Gasteiger partial charge in [-0.2, -0.15) is 0 Å². The first-order valence-electron chi connectivity index (χ1n) is 42.4. The van der Waals surface area contributed by atoms with Crippen molar-refractivity contribution in [3.63, 3.8) is 0 Å². The summed E-state index contributed by atoms with van der Waals surface area (Å²) in [7, 11) is -9.99. The minimum absolute atomic E-state index is 0.0448. The zero-order valence-corrected chi connectivity index (χ0v) is 69.8. The van der Waals surface area contributed by atoms with E-state index in [1.54, 1.807) is 0 Å². The fourth-order valence-corrected chi connectivity index (χ4v) is 12.8. The molecule has 0 heterocycles. The van der Waals surface area contributed by atoms with Gasteiger partial charge in [0.15, 0.2) is 12.2 Å². The summed E-state index contributed by atoms with van der Waals surface area (Å²) in [6.07, 6.45) is 91.3. The maximum absolute atomic E-state index is 13.1. The number of ether oxygens (including phenoxy) is 4. The zero-order valence-electron chi connectivity index (χ0n) is 68.0. The highest BCUT2D eigenvalue weighted by atomic mass is 31.2. The number of carbonyl (C=O) groups is 4. The molecule has 0 aromatic rings. The lowest BCUT2D eigenvalue weighted by Crippen LogP contribution is -2.30. The molecule has 0 aliphatic rings. The molecule has 0 bridgehead atoms. The number of phosphoric acid groups is 2. The Kier molecular flexibility index (Phi) is 76.7. The largest absolute Gasteiger partial charge is 0.472 e. The molecule has 0 fully saturated rings. The van der Waals surface area contributed by atoms with E-state index in [4.69, 9.17) is 37.0 Å². The average molecular weight is 1560 g/mol. The third-order valence-electron chi connectivity index (χ3n) is 17.6. The summed E-state index contributed by atoms with van der Waals surface area (Å²) < 4.78 is 68.8. The fraction of sp³-hybridized carbons (Fsp3) is 0.708. The fourth-order valence-electron chi connectivity index (χ4n) is 11.2. The van der Waals surface area contributed by atoms with Crippen molar-refractivity contribution in [3.8, 4) is 0 Å². The topological polar surface area (TPSA) is 237 Å². The van der Waals surface area contributed by atoms with Crippen LogP contribution in [0.1, 0.15) is 349 Å². The zero-order chi connectivity index (χ0) is 78.9. The number of allylic oxidation sites excluding steroid dienone is 22. The van der Waals surface area contributed by atoms with Crippen molar-refractivity contribution in [2.24, 2.45) is 0 Å². The summed E-state index contributed by atoms with van der Waals surface area (Å²) in [4.78, 5) is 73.2. The number of carbonyl (C=O) groups excluding carboxylic acids is 4. The molecule has 0 spiro atoms. The van der Waals surface area contributed by atoms with Gasteiger partial charge in [0.2, 0.25) is 0 Å². The van der Waals surface area contributed by atoms with E-state index in [9.17, 15) is 43.2 Å². The summed E-state index contributed by atoms with van der Waals surface area (Å²) in [5.74, 6) is -2.24. The van der Waals surface area contributed by atoms with Gasteiger partial charge in [0.25, 0.3) is 0 Å². The van der Waals surface area contributed by atoms with E-state index in [0.29, 0.717) is 25.7 Å². The lowest BCUT2D eigenvalue weighted by atomic mass is 10.0. The van der Waals surface area contributed by atoms with Crippen LogP contribution in [0.5, 0.6) is 0 Å². The van der Waals surface area contributed by atoms with Gasteiger partial charge in [-0.1, -0.05) is 315 Å². The molecule has 0 saturated heterocycles. The van der Waals surface area contributed by atoms with Gasteiger partial charge in [0, 0.05) is 25.7 Å². The van der Waals surface area contributed by atoms with Crippen LogP contribution in [-0.4, -0.2) is 96.7 Å². The van der Waals surface area contributed by atoms with Crippen molar-refractivity contribution in [3.05, 3.63) is 134 Å². The quantitative estimate of drug-likeness (QED) is 0.0169. The predicted octanol–water partition coefficient (Wildman–Crippen LogP) is 25.2. The molecule has 0 amide bonds. The Labute approximate surface area is 656 Å². The molecule has 620 valence electrons. The molecule has 17 nitrogen and oxygen atoms in total. The number of unbranched alkanes of at least 4 members (excludes halogenated alkanes) is 31. The van der Waals surface area contributed by atoms with Crippen molar-refractivity contribution >= 4 is 39.5 Å². The highest BCUT2D eigenvalue weighted by molar-refractivity contribution is 7.47. The van der Waals surface area contributed by atoms with Crippen LogP contribution in [0.2, 0.25) is 0 Å². The first kappa shape index (κ1) is 103. The molecular weight excluding hydrogens is 1400 g/mol. The molecule has 0 aromatic carbocycles. The molecule has 0 aromatic heterocycles. The smallest absolute Gasteiger partial charge is 0.462 e. The van der Waals surface area contributed by atoms with Gasteiger partial charge >= 0.3 is 39.5 Å². The Hall–Kier alpha value is -4.80. The van der Waals surface area contributed by atoms with E-state index in [2.05, 4.69) is 161 Å². The maximum Gasteiger partial charge on any atom is 0.472 e. The number of aliphatic hydroxyl groups is 1. The molecular formula is C89H152O17P2. The molecule has 108 heavy (non-hydrogen) atoms. The van der Waals surface area contributed by atoms with Crippen LogP contribution in [0.15, 0.2) is 134 Å². The van der Waals surface area contributed by atoms with Crippen LogP contribution in [0.4, 0.5) is 0 Å². The monoisotopic (exact) mass is 1560 g/mol. The second kappa shape index (κ2) is 80.3. The number of phosphoric ester groups is 2. The molecule has 0 aliphatic carbocycles. The Morgan fingerprint density at radius 2 is 0.481 bits per heavy atom. The van der Waals surface area contributed by atoms with Gasteiger partial charge < -0.3 is 33.8 Å². The minimum Gasteiger partial charge on any atom is -0.462 e. The second-order valence-electron chi connectivity index (χ2n) is 28.0. The van der Waals surface area contributed by atoms with Gasteiger partial charge in [-0.05, 0) is 141 Å². The third-order valence-corrected chi connectivity index (χ3v) is 19.5. The standard InChI is InChI=1S/C89H152O17P2/c1-5-9-13-17-21-25-29-33-37-39-41-43-47-50-54-58-62-66-70-74-87(92)100-80-85(106-89(94)76-72-68-64-60-56-52-48-44-42-40-38-34-30-26-22-18-14-10-6-2)82-104-108(97,98)102-78-83(90)77-101-107(95,96)103-81-84(105-88(93)75-71-67-63-59-55-51-46-36-32-28-24-20-16-12-8-4)79-99-86(91)73-69-65-61-57-53-49-45-35-31-27-23-19-15-11-7-3/h9-10,13-14,21-22,25-26,28,32-34,37-38,41-44,50,52,54,56,83-85,90H,5-8,11-12,15-20,23-24,27,29-31,35-36,39-40,45-49,51,53,55,57-82H2,1-4H3,(H,95,96)(H,97,98)/b13-9-,14-10-,25-21-,26-22-,32-28-,37-33-,38-34-,43-41-,44-42-,54-50-,56-52-/t83-,84+,85+/m0/s1. The van der Waals surface area contributed by atoms with E-state index in [1.165, 1.54) is 96.3 Å². The third kappa shape index (κ3) is 79.3. The van der Waals surface area contributed by atoms with E-state index in [0.717, 1.165) is 173 Å². The maximum atomic E-state index is 13.1. The molecule has 0 aliphatic heterocycles. The van der Waals surface area contributed by atoms with Crippen LogP contribution < -0.4 is 0 Å². The highest BCUT2D eigenvalue weighted by Gasteiger charge is 2.30. The second-order valence-corrected chi connectivity index (χ2v) is 30.9. The Bertz CT molecular complexity index is 2560. The minimum atomic E-state index is -5.00.